The van der Waals surface area contributed by atoms with Gasteiger partial charge in [0.15, 0.2) is 0 Å². The first kappa shape index (κ1) is 14.0. The third kappa shape index (κ3) is 4.39. The zero-order valence-electron chi connectivity index (χ0n) is 11.7. The monoisotopic (exact) mass is 235 g/mol. The highest BCUT2D eigenvalue weighted by Crippen LogP contribution is 2.24. The normalized spacial score (nSPS) is 12.6. The molecule has 0 saturated carbocycles. The number of aliphatic hydroxyl groups is 1. The molecule has 2 heteroatoms. The maximum atomic E-state index is 9.18. The SMILES string of the molecule is CC(C)(CO)CNc1ccc(C(C)(C)C)cc1. The molecule has 0 aliphatic carbocycles. The van der Waals surface area contributed by atoms with Crippen molar-refractivity contribution in [2.75, 3.05) is 18.5 Å². The number of nitrogens with one attached hydrogen (secondary N) is 1. The summed E-state index contributed by atoms with van der Waals surface area (Å²) in [6.07, 6.45) is 0. The van der Waals surface area contributed by atoms with Crippen LogP contribution in [-0.4, -0.2) is 18.3 Å². The fraction of sp³-hybridized carbons (Fsp3) is 0.600. The van der Waals surface area contributed by atoms with Crippen LogP contribution in [0, 0.1) is 5.41 Å². The Morgan fingerprint density at radius 3 is 1.94 bits per heavy atom. The lowest BCUT2D eigenvalue weighted by Gasteiger charge is -2.23. The molecule has 0 radical (unpaired) electrons. The summed E-state index contributed by atoms with van der Waals surface area (Å²) in [6.45, 7) is 11.7. The van der Waals surface area contributed by atoms with E-state index >= 15 is 0 Å². The van der Waals surface area contributed by atoms with Gasteiger partial charge in [-0.2, -0.15) is 0 Å². The Morgan fingerprint density at radius 2 is 1.53 bits per heavy atom. The van der Waals surface area contributed by atoms with Gasteiger partial charge in [-0.1, -0.05) is 46.8 Å². The smallest absolute Gasteiger partial charge is 0.0498 e. The number of aliphatic hydroxyl groups excluding tert-OH is 1. The molecule has 96 valence electrons. The summed E-state index contributed by atoms with van der Waals surface area (Å²) in [5.41, 5.74) is 2.56. The van der Waals surface area contributed by atoms with Crippen molar-refractivity contribution < 1.29 is 5.11 Å². The Kier molecular flexibility index (Phi) is 4.21. The Labute approximate surface area is 105 Å². The molecular formula is C15H25NO. The van der Waals surface area contributed by atoms with Gasteiger partial charge in [-0.15, -0.1) is 0 Å². The Hall–Kier alpha value is -1.02. The van der Waals surface area contributed by atoms with E-state index in [1.807, 2.05) is 13.8 Å². The average Bonchev–Trinajstić information content (AvgIpc) is 2.26. The van der Waals surface area contributed by atoms with Gasteiger partial charge in [0.05, 0.1) is 0 Å². The van der Waals surface area contributed by atoms with E-state index in [1.54, 1.807) is 0 Å². The molecule has 0 aliphatic heterocycles. The maximum Gasteiger partial charge on any atom is 0.0498 e. The second-order valence-electron chi connectivity index (χ2n) is 6.50. The molecule has 17 heavy (non-hydrogen) atoms. The molecule has 1 aromatic rings. The zero-order valence-corrected chi connectivity index (χ0v) is 11.7. The lowest BCUT2D eigenvalue weighted by Crippen LogP contribution is -2.26. The van der Waals surface area contributed by atoms with E-state index < -0.39 is 0 Å². The summed E-state index contributed by atoms with van der Waals surface area (Å²) >= 11 is 0. The van der Waals surface area contributed by atoms with Crippen molar-refractivity contribution in [2.24, 2.45) is 5.41 Å². The molecule has 0 aromatic heterocycles. The highest BCUT2D eigenvalue weighted by molar-refractivity contribution is 5.45. The summed E-state index contributed by atoms with van der Waals surface area (Å²) in [4.78, 5) is 0. The minimum atomic E-state index is -0.0807. The Morgan fingerprint density at radius 1 is 1.00 bits per heavy atom. The van der Waals surface area contributed by atoms with Crippen molar-refractivity contribution in [1.82, 2.24) is 0 Å². The third-order valence-corrected chi connectivity index (χ3v) is 2.95. The largest absolute Gasteiger partial charge is 0.396 e. The molecule has 0 fully saturated rings. The highest BCUT2D eigenvalue weighted by atomic mass is 16.3. The third-order valence-electron chi connectivity index (χ3n) is 2.95. The van der Waals surface area contributed by atoms with E-state index in [4.69, 9.17) is 0 Å². The minimum Gasteiger partial charge on any atom is -0.396 e. The van der Waals surface area contributed by atoms with Gasteiger partial charge in [-0.05, 0) is 23.1 Å². The zero-order chi connectivity index (χ0) is 13.1. The van der Waals surface area contributed by atoms with Crippen LogP contribution >= 0.6 is 0 Å². The second-order valence-corrected chi connectivity index (χ2v) is 6.50. The van der Waals surface area contributed by atoms with E-state index in [0.717, 1.165) is 12.2 Å². The van der Waals surface area contributed by atoms with E-state index in [2.05, 4.69) is 50.4 Å². The van der Waals surface area contributed by atoms with Gasteiger partial charge in [0.1, 0.15) is 0 Å². The lowest BCUT2D eigenvalue weighted by molar-refractivity contribution is 0.171. The fourth-order valence-corrected chi connectivity index (χ4v) is 1.49. The van der Waals surface area contributed by atoms with Crippen LogP contribution in [0.3, 0.4) is 0 Å². The van der Waals surface area contributed by atoms with Crippen LogP contribution in [0.25, 0.3) is 0 Å². The molecule has 0 amide bonds. The number of anilines is 1. The molecule has 0 atom stereocenters. The Bertz CT molecular complexity index is 346. The summed E-state index contributed by atoms with van der Waals surface area (Å²) in [5, 5.41) is 12.5. The fourth-order valence-electron chi connectivity index (χ4n) is 1.49. The van der Waals surface area contributed by atoms with Crippen LogP contribution in [-0.2, 0) is 5.41 Å². The van der Waals surface area contributed by atoms with E-state index in [9.17, 15) is 5.11 Å². The van der Waals surface area contributed by atoms with Crippen LogP contribution in [0.5, 0.6) is 0 Å². The molecular weight excluding hydrogens is 210 g/mol. The molecule has 0 unspecified atom stereocenters. The molecule has 0 heterocycles. The van der Waals surface area contributed by atoms with Gasteiger partial charge in [0.25, 0.3) is 0 Å². The quantitative estimate of drug-likeness (QED) is 0.838. The van der Waals surface area contributed by atoms with Gasteiger partial charge < -0.3 is 10.4 Å². The molecule has 1 rings (SSSR count). The molecule has 0 aliphatic rings. The van der Waals surface area contributed by atoms with Crippen molar-refractivity contribution in [1.29, 1.82) is 0 Å². The van der Waals surface area contributed by atoms with Crippen LogP contribution in [0.15, 0.2) is 24.3 Å². The minimum absolute atomic E-state index is 0.0807. The van der Waals surface area contributed by atoms with E-state index in [1.165, 1.54) is 5.56 Å². The molecule has 0 saturated heterocycles. The predicted molar refractivity (Wildman–Crippen MR) is 74.5 cm³/mol. The van der Waals surface area contributed by atoms with Gasteiger partial charge in [-0.3, -0.25) is 0 Å². The van der Waals surface area contributed by atoms with Crippen molar-refractivity contribution in [3.8, 4) is 0 Å². The number of hydrogen-bond donors (Lipinski definition) is 2. The standard InChI is InChI=1S/C15H25NO/c1-14(2,3)12-6-8-13(9-7-12)16-10-15(4,5)11-17/h6-9,16-17H,10-11H2,1-5H3. The van der Waals surface area contributed by atoms with Crippen LogP contribution in [0.4, 0.5) is 5.69 Å². The van der Waals surface area contributed by atoms with Gasteiger partial charge in [-0.25, -0.2) is 0 Å². The molecule has 1 aromatic carbocycles. The Balaban J connectivity index is 2.64. The maximum absolute atomic E-state index is 9.18. The van der Waals surface area contributed by atoms with Crippen molar-refractivity contribution in [3.63, 3.8) is 0 Å². The first-order valence-electron chi connectivity index (χ1n) is 6.20. The predicted octanol–water partition coefficient (Wildman–Crippen LogP) is 3.41. The summed E-state index contributed by atoms with van der Waals surface area (Å²) in [6, 6.07) is 8.53. The highest BCUT2D eigenvalue weighted by Gasteiger charge is 2.16. The van der Waals surface area contributed by atoms with Gasteiger partial charge >= 0.3 is 0 Å². The number of hydrogen-bond acceptors (Lipinski definition) is 2. The van der Waals surface area contributed by atoms with Gasteiger partial charge in [0, 0.05) is 24.3 Å². The van der Waals surface area contributed by atoms with Crippen molar-refractivity contribution in [2.45, 2.75) is 40.0 Å². The molecule has 0 spiro atoms. The number of rotatable bonds is 4. The first-order chi connectivity index (χ1) is 7.74. The molecule has 0 bridgehead atoms. The molecule has 2 nitrogen and oxygen atoms in total. The van der Waals surface area contributed by atoms with E-state index in [0.29, 0.717) is 0 Å². The first-order valence-corrected chi connectivity index (χ1v) is 6.20. The summed E-state index contributed by atoms with van der Waals surface area (Å²) < 4.78 is 0. The lowest BCUT2D eigenvalue weighted by atomic mass is 9.87. The topological polar surface area (TPSA) is 32.3 Å². The summed E-state index contributed by atoms with van der Waals surface area (Å²) in [5.74, 6) is 0. The van der Waals surface area contributed by atoms with Crippen LogP contribution in [0.1, 0.15) is 40.2 Å². The van der Waals surface area contributed by atoms with Gasteiger partial charge in [0.2, 0.25) is 0 Å². The van der Waals surface area contributed by atoms with Crippen LogP contribution < -0.4 is 5.32 Å². The average molecular weight is 235 g/mol. The van der Waals surface area contributed by atoms with Crippen molar-refractivity contribution >= 4 is 5.69 Å². The molecule has 2 N–H and O–H groups in total. The summed E-state index contributed by atoms with van der Waals surface area (Å²) in [7, 11) is 0. The van der Waals surface area contributed by atoms with Crippen LogP contribution in [0.2, 0.25) is 0 Å². The van der Waals surface area contributed by atoms with E-state index in [-0.39, 0.29) is 17.4 Å². The van der Waals surface area contributed by atoms with Crippen molar-refractivity contribution in [3.05, 3.63) is 29.8 Å². The second kappa shape index (κ2) is 5.09. The number of benzene rings is 1.